The van der Waals surface area contributed by atoms with E-state index < -0.39 is 0 Å². The zero-order valence-corrected chi connectivity index (χ0v) is 38.0. The lowest BCUT2D eigenvalue weighted by Crippen LogP contribution is -2.12. The SMILES string of the molecule is N=C1C=CC=C/C1=N/Nc1ccc(N(c2ccc(-c3ccc(-c4ccc(N(c5ccc(N/N=C6/C=CC=CC6=N)cc5)c5cccc6ccccc56)cc4)cc3)cc2)c2cccc3ccccc23)cc1. The fourth-order valence-corrected chi connectivity index (χ4v) is 8.88. The average Bonchev–Trinajstić information content (AvgIpc) is 3.42. The number of fused-ring (bicyclic) bond motifs is 2. The molecule has 70 heavy (non-hydrogen) atoms. The number of nitrogens with zero attached hydrogens (tertiary/aromatic N) is 4. The van der Waals surface area contributed by atoms with Crippen molar-refractivity contribution in [1.29, 1.82) is 10.8 Å². The van der Waals surface area contributed by atoms with Crippen LogP contribution in [0.4, 0.5) is 45.5 Å². The lowest BCUT2D eigenvalue weighted by molar-refractivity contribution is 1.28. The molecule has 4 N–H and O–H groups in total. The number of rotatable bonds is 12. The van der Waals surface area contributed by atoms with Gasteiger partial charge < -0.3 is 9.80 Å². The summed E-state index contributed by atoms with van der Waals surface area (Å²) >= 11 is 0. The maximum Gasteiger partial charge on any atom is 0.108 e. The normalized spacial score (nSPS) is 14.2. The Morgan fingerprint density at radius 2 is 0.629 bits per heavy atom. The molecule has 334 valence electrons. The van der Waals surface area contributed by atoms with Crippen LogP contribution >= 0.6 is 0 Å². The molecule has 8 heteroatoms. The summed E-state index contributed by atoms with van der Waals surface area (Å²) in [5.41, 5.74) is 20.6. The monoisotopic (exact) mass is 902 g/mol. The predicted octanol–water partition coefficient (Wildman–Crippen LogP) is 16.1. The highest BCUT2D eigenvalue weighted by Crippen LogP contribution is 2.42. The van der Waals surface area contributed by atoms with E-state index in [1.807, 2.05) is 60.7 Å². The molecule has 0 heterocycles. The van der Waals surface area contributed by atoms with Crippen LogP contribution < -0.4 is 20.7 Å². The second-order valence-electron chi connectivity index (χ2n) is 16.9. The van der Waals surface area contributed by atoms with Crippen molar-refractivity contribution < 1.29 is 0 Å². The summed E-state index contributed by atoms with van der Waals surface area (Å²) in [4.78, 5) is 4.59. The molecule has 2 aliphatic rings. The molecule has 0 amide bonds. The molecule has 0 radical (unpaired) electrons. The van der Waals surface area contributed by atoms with E-state index in [1.54, 1.807) is 12.2 Å². The van der Waals surface area contributed by atoms with Crippen LogP contribution in [0.25, 0.3) is 43.8 Å². The molecule has 0 fully saturated rings. The smallest absolute Gasteiger partial charge is 0.108 e. The van der Waals surface area contributed by atoms with Gasteiger partial charge in [-0.15, -0.1) is 0 Å². The first kappa shape index (κ1) is 42.9. The molecule has 0 saturated heterocycles. The van der Waals surface area contributed by atoms with E-state index in [9.17, 15) is 0 Å². The van der Waals surface area contributed by atoms with Crippen LogP contribution in [0.5, 0.6) is 0 Å². The van der Waals surface area contributed by atoms with Crippen LogP contribution in [0.2, 0.25) is 0 Å². The third-order valence-corrected chi connectivity index (χ3v) is 12.5. The molecule has 0 unspecified atom stereocenters. The summed E-state index contributed by atoms with van der Waals surface area (Å²) in [6, 6.07) is 72.7. The largest absolute Gasteiger partial charge is 0.310 e. The fraction of sp³-hybridized carbons (Fsp3) is 0. The first-order chi connectivity index (χ1) is 34.5. The van der Waals surface area contributed by atoms with Gasteiger partial charge in [0.25, 0.3) is 0 Å². The molecule has 0 saturated carbocycles. The number of benzene rings is 9. The lowest BCUT2D eigenvalue weighted by atomic mass is 9.99. The van der Waals surface area contributed by atoms with E-state index in [1.165, 1.54) is 10.8 Å². The van der Waals surface area contributed by atoms with Crippen LogP contribution in [0.15, 0.2) is 265 Å². The zero-order chi connectivity index (χ0) is 47.2. The van der Waals surface area contributed by atoms with E-state index in [4.69, 9.17) is 10.8 Å². The zero-order valence-electron chi connectivity index (χ0n) is 38.0. The minimum atomic E-state index is 0.370. The van der Waals surface area contributed by atoms with Crippen molar-refractivity contribution in [3.63, 3.8) is 0 Å². The Labute approximate surface area is 406 Å². The number of nitrogens with one attached hydrogen (secondary N) is 4. The van der Waals surface area contributed by atoms with Crippen LogP contribution in [0.3, 0.4) is 0 Å². The Hall–Kier alpha value is -9.66. The van der Waals surface area contributed by atoms with Gasteiger partial charge in [0.15, 0.2) is 0 Å². The highest BCUT2D eigenvalue weighted by Gasteiger charge is 2.18. The van der Waals surface area contributed by atoms with E-state index >= 15 is 0 Å². The maximum absolute atomic E-state index is 8.16. The van der Waals surface area contributed by atoms with Crippen molar-refractivity contribution in [3.8, 4) is 22.3 Å². The van der Waals surface area contributed by atoms with E-state index in [-0.39, 0.29) is 0 Å². The van der Waals surface area contributed by atoms with Crippen LogP contribution in [0, 0.1) is 10.8 Å². The molecule has 2 aliphatic carbocycles. The van der Waals surface area contributed by atoms with Gasteiger partial charge in [0, 0.05) is 33.5 Å². The standard InChI is InChI=1S/C62H46N8/c63-57-17-5-7-19-59(57)67-65-49-31-39-53(40-32-49)69(61-21-9-13-47-11-1-3-15-55(47)61)51-35-27-45(28-36-51)43-23-25-44(26-24-43)46-29-37-52(38-30-46)70(62-22-10-14-48-12-2-4-16-56(48)62)54-41-33-50(34-42-54)66-68-60-20-8-6-18-58(60)64/h1-42,63-66H/b63-57?,64-58?,67-59-,68-60-. The first-order valence-corrected chi connectivity index (χ1v) is 23.1. The molecule has 8 nitrogen and oxygen atoms in total. The van der Waals surface area contributed by atoms with Gasteiger partial charge in [0.1, 0.15) is 11.4 Å². The van der Waals surface area contributed by atoms with Crippen LogP contribution in [-0.2, 0) is 0 Å². The van der Waals surface area contributed by atoms with Gasteiger partial charge in [-0.3, -0.25) is 21.7 Å². The van der Waals surface area contributed by atoms with Gasteiger partial charge in [0.2, 0.25) is 0 Å². The van der Waals surface area contributed by atoms with Gasteiger partial charge >= 0.3 is 0 Å². The maximum atomic E-state index is 8.16. The fourth-order valence-electron chi connectivity index (χ4n) is 8.88. The summed E-state index contributed by atoms with van der Waals surface area (Å²) < 4.78 is 0. The van der Waals surface area contributed by atoms with Crippen molar-refractivity contribution in [2.45, 2.75) is 0 Å². The van der Waals surface area contributed by atoms with Crippen molar-refractivity contribution in [1.82, 2.24) is 0 Å². The van der Waals surface area contributed by atoms with E-state index in [0.29, 0.717) is 22.8 Å². The van der Waals surface area contributed by atoms with E-state index in [2.05, 4.69) is 213 Å². The Morgan fingerprint density at radius 1 is 0.314 bits per heavy atom. The molecule has 0 atom stereocenters. The minimum absolute atomic E-state index is 0.370. The van der Waals surface area contributed by atoms with Crippen molar-refractivity contribution in [2.75, 3.05) is 20.7 Å². The second kappa shape index (κ2) is 19.3. The molecule has 9 aromatic carbocycles. The molecule has 0 aliphatic heterocycles. The summed E-state index contributed by atoms with van der Waals surface area (Å²) in [6.07, 6.45) is 14.6. The Morgan fingerprint density at radius 3 is 1.00 bits per heavy atom. The molecule has 9 aromatic rings. The number of allylic oxidation sites excluding steroid dienone is 8. The van der Waals surface area contributed by atoms with Gasteiger partial charge in [-0.1, -0.05) is 146 Å². The minimum Gasteiger partial charge on any atom is -0.310 e. The van der Waals surface area contributed by atoms with Gasteiger partial charge in [-0.05, 0) is 142 Å². The Kier molecular flexibility index (Phi) is 11.8. The Balaban J connectivity index is 0.849. The summed E-state index contributed by atoms with van der Waals surface area (Å²) in [6.45, 7) is 0. The number of hydrogen-bond acceptors (Lipinski definition) is 8. The van der Waals surface area contributed by atoms with E-state index in [0.717, 1.165) is 78.5 Å². The quantitative estimate of drug-likeness (QED) is 0.0724. The summed E-state index contributed by atoms with van der Waals surface area (Å²) in [5.74, 6) is 0. The molecular formula is C62H46N8. The molecular weight excluding hydrogens is 857 g/mol. The van der Waals surface area contributed by atoms with Crippen molar-refractivity contribution >= 4 is 89.9 Å². The number of anilines is 8. The Bertz CT molecular complexity index is 3350. The number of hydrazone groups is 2. The predicted molar refractivity (Wildman–Crippen MR) is 296 cm³/mol. The molecule has 0 aromatic heterocycles. The van der Waals surface area contributed by atoms with Gasteiger partial charge in [0.05, 0.1) is 34.2 Å². The highest BCUT2D eigenvalue weighted by atomic mass is 15.3. The first-order valence-electron chi connectivity index (χ1n) is 23.1. The molecule has 0 bridgehead atoms. The molecule has 0 spiro atoms. The highest BCUT2D eigenvalue weighted by molar-refractivity contribution is 6.50. The van der Waals surface area contributed by atoms with Crippen LogP contribution in [0.1, 0.15) is 0 Å². The second-order valence-corrected chi connectivity index (χ2v) is 16.9. The number of hydrogen-bond donors (Lipinski definition) is 4. The molecule has 11 rings (SSSR count). The average molecular weight is 903 g/mol. The third kappa shape index (κ3) is 8.96. The third-order valence-electron chi connectivity index (χ3n) is 12.5. The van der Waals surface area contributed by atoms with Gasteiger partial charge in [-0.25, -0.2) is 0 Å². The lowest BCUT2D eigenvalue weighted by Gasteiger charge is -2.27. The summed E-state index contributed by atoms with van der Waals surface area (Å²) in [7, 11) is 0. The summed E-state index contributed by atoms with van der Waals surface area (Å²) in [5, 5.41) is 29.9. The topological polar surface area (TPSA) is 103 Å². The van der Waals surface area contributed by atoms with Crippen LogP contribution in [-0.4, -0.2) is 22.8 Å². The van der Waals surface area contributed by atoms with Crippen molar-refractivity contribution in [3.05, 3.63) is 255 Å². The van der Waals surface area contributed by atoms with Crippen molar-refractivity contribution in [2.24, 2.45) is 10.2 Å². The van der Waals surface area contributed by atoms with Gasteiger partial charge in [-0.2, -0.15) is 10.2 Å².